The zero-order valence-electron chi connectivity index (χ0n) is 6.69. The molecule has 1 heterocycles. The van der Waals surface area contributed by atoms with Gasteiger partial charge in [0.05, 0.1) is 0 Å². The van der Waals surface area contributed by atoms with Gasteiger partial charge in [-0.3, -0.25) is 0 Å². The van der Waals surface area contributed by atoms with Gasteiger partial charge in [-0.2, -0.15) is 0 Å². The number of hydrogen-bond donors (Lipinski definition) is 2. The number of aliphatic hydroxyl groups is 2. The average molecular weight is 182 g/mol. The number of thiophene rings is 1. The summed E-state index contributed by atoms with van der Waals surface area (Å²) < 4.78 is 0. The molecule has 64 valence electrons. The second-order valence-electron chi connectivity index (χ2n) is 2.99. The maximum absolute atomic E-state index is 9.55. The van der Waals surface area contributed by atoms with Gasteiger partial charge in [-0.15, -0.1) is 11.3 Å². The third-order valence-corrected chi connectivity index (χ3v) is 3.29. The predicted molar refractivity (Wildman–Crippen MR) is 49.1 cm³/mol. The first-order valence-electron chi connectivity index (χ1n) is 3.82. The highest BCUT2D eigenvalue weighted by Gasteiger charge is 2.24. The molecule has 0 bridgehead atoms. The Kier molecular flexibility index (Phi) is 1.79. The molecule has 1 aliphatic rings. The standard InChI is InChI=1S/C9H10O2S/c1-5-4-12-9-6(5)2-3-7(10)8(9)11/h2-4,7-8,10-11H,1H3/t7-,8-/m0/s1. The summed E-state index contributed by atoms with van der Waals surface area (Å²) >= 11 is 1.50. The van der Waals surface area contributed by atoms with E-state index in [2.05, 4.69) is 0 Å². The van der Waals surface area contributed by atoms with E-state index in [1.807, 2.05) is 18.4 Å². The molecule has 2 nitrogen and oxygen atoms in total. The number of aryl methyl sites for hydroxylation is 1. The van der Waals surface area contributed by atoms with Gasteiger partial charge in [-0.1, -0.05) is 12.2 Å². The summed E-state index contributed by atoms with van der Waals surface area (Å²) in [7, 11) is 0. The number of rotatable bonds is 0. The SMILES string of the molecule is Cc1csc2c1C=C[C@H](O)[C@@H]2O. The molecule has 0 spiro atoms. The van der Waals surface area contributed by atoms with Crippen molar-refractivity contribution in [3.63, 3.8) is 0 Å². The first kappa shape index (κ1) is 7.98. The maximum atomic E-state index is 9.55. The van der Waals surface area contributed by atoms with Gasteiger partial charge in [0.2, 0.25) is 0 Å². The molecule has 2 rings (SSSR count). The number of fused-ring (bicyclic) bond motifs is 1. The molecule has 0 radical (unpaired) electrons. The van der Waals surface area contributed by atoms with Gasteiger partial charge in [0, 0.05) is 4.88 Å². The zero-order chi connectivity index (χ0) is 8.72. The molecule has 0 fully saturated rings. The van der Waals surface area contributed by atoms with Crippen LogP contribution in [0.1, 0.15) is 22.1 Å². The Morgan fingerprint density at radius 2 is 2.17 bits per heavy atom. The molecule has 12 heavy (non-hydrogen) atoms. The minimum atomic E-state index is -0.740. The highest BCUT2D eigenvalue weighted by molar-refractivity contribution is 7.10. The molecule has 1 aromatic heterocycles. The Hall–Kier alpha value is -0.640. The van der Waals surface area contributed by atoms with Crippen molar-refractivity contribution >= 4 is 17.4 Å². The highest BCUT2D eigenvalue weighted by Crippen LogP contribution is 2.34. The molecule has 2 N–H and O–H groups in total. The van der Waals surface area contributed by atoms with Gasteiger partial charge in [0.1, 0.15) is 12.2 Å². The van der Waals surface area contributed by atoms with Crippen LogP contribution in [-0.2, 0) is 0 Å². The molecule has 1 aromatic rings. The van der Waals surface area contributed by atoms with Crippen LogP contribution in [0.2, 0.25) is 0 Å². The smallest absolute Gasteiger partial charge is 0.118 e. The second kappa shape index (κ2) is 2.69. The first-order valence-corrected chi connectivity index (χ1v) is 4.70. The Labute approximate surface area is 74.8 Å². The van der Waals surface area contributed by atoms with Gasteiger partial charge in [0.25, 0.3) is 0 Å². The van der Waals surface area contributed by atoms with Crippen molar-refractivity contribution in [2.24, 2.45) is 0 Å². The molecule has 0 unspecified atom stereocenters. The molecule has 0 aromatic carbocycles. The fraction of sp³-hybridized carbons (Fsp3) is 0.333. The first-order chi connectivity index (χ1) is 5.70. The molecule has 0 amide bonds. The van der Waals surface area contributed by atoms with Crippen LogP contribution in [0.15, 0.2) is 11.5 Å². The molecule has 0 aliphatic heterocycles. The van der Waals surface area contributed by atoms with Crippen molar-refractivity contribution in [2.45, 2.75) is 19.1 Å². The van der Waals surface area contributed by atoms with Crippen LogP contribution in [0, 0.1) is 6.92 Å². The average Bonchev–Trinajstić information content (AvgIpc) is 2.41. The summed E-state index contributed by atoms with van der Waals surface area (Å²) in [6.45, 7) is 2.00. The summed E-state index contributed by atoms with van der Waals surface area (Å²) in [4.78, 5) is 0.877. The summed E-state index contributed by atoms with van der Waals surface area (Å²) in [6.07, 6.45) is 2.03. The van der Waals surface area contributed by atoms with Gasteiger partial charge in [-0.25, -0.2) is 0 Å². The Morgan fingerprint density at radius 1 is 1.42 bits per heavy atom. The minimum Gasteiger partial charge on any atom is -0.386 e. The lowest BCUT2D eigenvalue weighted by Gasteiger charge is -2.18. The molecular formula is C9H10O2S. The van der Waals surface area contributed by atoms with E-state index in [4.69, 9.17) is 0 Å². The topological polar surface area (TPSA) is 40.5 Å². The molecule has 0 saturated carbocycles. The van der Waals surface area contributed by atoms with E-state index < -0.39 is 12.2 Å². The van der Waals surface area contributed by atoms with Crippen LogP contribution in [0.5, 0.6) is 0 Å². The zero-order valence-corrected chi connectivity index (χ0v) is 7.51. The van der Waals surface area contributed by atoms with Gasteiger partial charge in [0.15, 0.2) is 0 Å². The number of hydrogen-bond acceptors (Lipinski definition) is 3. The summed E-state index contributed by atoms with van der Waals surface area (Å²) in [5.74, 6) is 0. The Bertz CT molecular complexity index is 327. The summed E-state index contributed by atoms with van der Waals surface area (Å²) in [6, 6.07) is 0. The quantitative estimate of drug-likeness (QED) is 0.638. The summed E-state index contributed by atoms with van der Waals surface area (Å²) in [5, 5.41) is 20.9. The van der Waals surface area contributed by atoms with E-state index in [1.165, 1.54) is 11.3 Å². The maximum Gasteiger partial charge on any atom is 0.118 e. The van der Waals surface area contributed by atoms with E-state index in [0.717, 1.165) is 16.0 Å². The lowest BCUT2D eigenvalue weighted by Crippen LogP contribution is -2.17. The second-order valence-corrected chi connectivity index (χ2v) is 3.90. The minimum absolute atomic E-state index is 0.733. The van der Waals surface area contributed by atoms with E-state index in [-0.39, 0.29) is 0 Å². The van der Waals surface area contributed by atoms with Crippen molar-refractivity contribution in [3.8, 4) is 0 Å². The van der Waals surface area contributed by atoms with Crippen LogP contribution in [0.25, 0.3) is 6.08 Å². The lowest BCUT2D eigenvalue weighted by atomic mass is 9.99. The highest BCUT2D eigenvalue weighted by atomic mass is 32.1. The van der Waals surface area contributed by atoms with Crippen LogP contribution >= 0.6 is 11.3 Å². The fourth-order valence-electron chi connectivity index (χ4n) is 1.37. The van der Waals surface area contributed by atoms with Crippen LogP contribution in [0.4, 0.5) is 0 Å². The Balaban J connectivity index is 2.53. The van der Waals surface area contributed by atoms with Crippen molar-refractivity contribution in [2.75, 3.05) is 0 Å². The molecule has 2 atom stereocenters. The van der Waals surface area contributed by atoms with E-state index in [9.17, 15) is 10.2 Å². The Morgan fingerprint density at radius 3 is 2.92 bits per heavy atom. The van der Waals surface area contributed by atoms with Crippen molar-refractivity contribution in [3.05, 3.63) is 27.5 Å². The molecule has 3 heteroatoms. The van der Waals surface area contributed by atoms with Crippen LogP contribution in [-0.4, -0.2) is 16.3 Å². The third kappa shape index (κ3) is 1.02. The van der Waals surface area contributed by atoms with Crippen molar-refractivity contribution < 1.29 is 10.2 Å². The molecule has 0 saturated heterocycles. The van der Waals surface area contributed by atoms with Gasteiger partial charge in [-0.05, 0) is 23.4 Å². The summed E-state index contributed by atoms with van der Waals surface area (Å²) in [5.41, 5.74) is 2.23. The third-order valence-electron chi connectivity index (χ3n) is 2.11. The van der Waals surface area contributed by atoms with Crippen molar-refractivity contribution in [1.82, 2.24) is 0 Å². The monoisotopic (exact) mass is 182 g/mol. The largest absolute Gasteiger partial charge is 0.386 e. The van der Waals surface area contributed by atoms with E-state index >= 15 is 0 Å². The number of aliphatic hydroxyl groups excluding tert-OH is 2. The predicted octanol–water partition coefficient (Wildman–Crippen LogP) is 1.48. The molecular weight excluding hydrogens is 172 g/mol. The normalized spacial score (nSPS) is 27.2. The van der Waals surface area contributed by atoms with Crippen LogP contribution < -0.4 is 0 Å². The van der Waals surface area contributed by atoms with Gasteiger partial charge >= 0.3 is 0 Å². The van der Waals surface area contributed by atoms with E-state index in [1.54, 1.807) is 6.08 Å². The molecule has 1 aliphatic carbocycles. The van der Waals surface area contributed by atoms with Crippen molar-refractivity contribution in [1.29, 1.82) is 0 Å². The fourth-order valence-corrected chi connectivity index (χ4v) is 2.44. The van der Waals surface area contributed by atoms with E-state index in [0.29, 0.717) is 0 Å². The van der Waals surface area contributed by atoms with Gasteiger partial charge < -0.3 is 10.2 Å². The van der Waals surface area contributed by atoms with Crippen LogP contribution in [0.3, 0.4) is 0 Å². The lowest BCUT2D eigenvalue weighted by molar-refractivity contribution is 0.0495.